The van der Waals surface area contributed by atoms with E-state index >= 15 is 0 Å². The van der Waals surface area contributed by atoms with Gasteiger partial charge in [-0.15, -0.1) is 12.4 Å². The zero-order valence-corrected chi connectivity index (χ0v) is 15.4. The molecule has 1 amide bonds. The summed E-state index contributed by atoms with van der Waals surface area (Å²) in [4.78, 5) is 12.4. The summed E-state index contributed by atoms with van der Waals surface area (Å²) in [5.74, 6) is 1.30. The Balaban J connectivity index is 0.00000264. The van der Waals surface area contributed by atoms with E-state index in [2.05, 4.69) is 55.7 Å². The Morgan fingerprint density at radius 2 is 1.91 bits per heavy atom. The normalized spacial score (nSPS) is 16.7. The highest BCUT2D eigenvalue weighted by Crippen LogP contribution is 2.25. The molecular formula is C19H31ClN2O. The molecule has 2 rings (SSSR count). The van der Waals surface area contributed by atoms with Gasteiger partial charge >= 0.3 is 0 Å². The summed E-state index contributed by atoms with van der Waals surface area (Å²) in [7, 11) is 0. The predicted octanol–water partition coefficient (Wildman–Crippen LogP) is 4.01. The Bertz CT molecular complexity index is 484. The second-order valence-corrected chi connectivity index (χ2v) is 6.88. The zero-order chi connectivity index (χ0) is 15.9. The number of halogens is 1. The molecule has 2 N–H and O–H groups in total. The van der Waals surface area contributed by atoms with Gasteiger partial charge in [0, 0.05) is 6.42 Å². The number of aryl methyl sites for hydroxylation is 1. The Morgan fingerprint density at radius 3 is 2.52 bits per heavy atom. The van der Waals surface area contributed by atoms with Crippen molar-refractivity contribution in [1.82, 2.24) is 10.6 Å². The molecule has 1 aliphatic heterocycles. The maximum absolute atomic E-state index is 12.4. The zero-order valence-electron chi connectivity index (χ0n) is 14.6. The van der Waals surface area contributed by atoms with E-state index in [0.29, 0.717) is 18.3 Å². The highest BCUT2D eigenvalue weighted by atomic mass is 35.5. The summed E-state index contributed by atoms with van der Waals surface area (Å²) in [6, 6.07) is 8.47. The van der Waals surface area contributed by atoms with Gasteiger partial charge in [0.25, 0.3) is 0 Å². The molecule has 1 fully saturated rings. The minimum Gasteiger partial charge on any atom is -0.349 e. The molecule has 0 saturated carbocycles. The second kappa shape index (κ2) is 9.94. The summed E-state index contributed by atoms with van der Waals surface area (Å²) in [5.41, 5.74) is 2.49. The van der Waals surface area contributed by atoms with Crippen LogP contribution < -0.4 is 10.6 Å². The van der Waals surface area contributed by atoms with Crippen LogP contribution in [0.2, 0.25) is 0 Å². The second-order valence-electron chi connectivity index (χ2n) is 6.88. The Hall–Kier alpha value is -1.06. The van der Waals surface area contributed by atoms with Crippen LogP contribution >= 0.6 is 12.4 Å². The third kappa shape index (κ3) is 6.15. The average molecular weight is 339 g/mol. The smallest absolute Gasteiger partial charge is 0.220 e. The molecule has 1 unspecified atom stereocenters. The Labute approximate surface area is 147 Å². The van der Waals surface area contributed by atoms with Gasteiger partial charge in [-0.25, -0.2) is 0 Å². The highest BCUT2D eigenvalue weighted by Gasteiger charge is 2.21. The van der Waals surface area contributed by atoms with Crippen molar-refractivity contribution in [3.63, 3.8) is 0 Å². The van der Waals surface area contributed by atoms with E-state index in [1.165, 1.54) is 24.0 Å². The maximum atomic E-state index is 12.4. The quantitative estimate of drug-likeness (QED) is 0.822. The third-order valence-electron chi connectivity index (χ3n) is 4.75. The van der Waals surface area contributed by atoms with Crippen LogP contribution in [0.25, 0.3) is 0 Å². The van der Waals surface area contributed by atoms with Gasteiger partial charge in [-0.1, -0.05) is 38.1 Å². The van der Waals surface area contributed by atoms with Gasteiger partial charge in [0.05, 0.1) is 6.04 Å². The summed E-state index contributed by atoms with van der Waals surface area (Å²) in [5, 5.41) is 6.64. The van der Waals surface area contributed by atoms with Gasteiger partial charge < -0.3 is 10.6 Å². The molecule has 1 aromatic rings. The van der Waals surface area contributed by atoms with Crippen molar-refractivity contribution in [2.75, 3.05) is 13.1 Å². The third-order valence-corrected chi connectivity index (χ3v) is 4.75. The molecule has 1 saturated heterocycles. The van der Waals surface area contributed by atoms with Gasteiger partial charge in [-0.3, -0.25) is 4.79 Å². The summed E-state index contributed by atoms with van der Waals surface area (Å²) >= 11 is 0. The molecule has 3 nitrogen and oxygen atoms in total. The first-order chi connectivity index (χ1) is 10.6. The SMILES string of the molecule is Cc1ccccc1C(NC(=O)CCC1CCNCC1)C(C)C.Cl. The highest BCUT2D eigenvalue weighted by molar-refractivity contribution is 5.85. The van der Waals surface area contributed by atoms with Gasteiger partial charge in [-0.05, 0) is 62.2 Å². The number of piperidine rings is 1. The van der Waals surface area contributed by atoms with Crippen LogP contribution in [-0.4, -0.2) is 19.0 Å². The lowest BCUT2D eigenvalue weighted by Gasteiger charge is -2.26. The molecule has 0 aromatic heterocycles. The monoisotopic (exact) mass is 338 g/mol. The number of carbonyl (C=O) groups is 1. The minimum absolute atomic E-state index is 0. The van der Waals surface area contributed by atoms with Crippen LogP contribution in [0.5, 0.6) is 0 Å². The van der Waals surface area contributed by atoms with Crippen molar-refractivity contribution in [1.29, 1.82) is 0 Å². The molecule has 1 aliphatic rings. The first-order valence-corrected chi connectivity index (χ1v) is 8.63. The van der Waals surface area contributed by atoms with Crippen LogP contribution in [0.1, 0.15) is 56.7 Å². The van der Waals surface area contributed by atoms with Crippen molar-refractivity contribution in [2.24, 2.45) is 11.8 Å². The summed E-state index contributed by atoms with van der Waals surface area (Å²) < 4.78 is 0. The summed E-state index contributed by atoms with van der Waals surface area (Å²) in [6.45, 7) is 8.66. The van der Waals surface area contributed by atoms with Gasteiger partial charge in [0.1, 0.15) is 0 Å². The number of hydrogen-bond donors (Lipinski definition) is 2. The number of nitrogens with one attached hydrogen (secondary N) is 2. The standard InChI is InChI=1S/C19H30N2O.ClH/c1-14(2)19(17-7-5-4-6-15(17)3)21-18(22)9-8-16-10-12-20-13-11-16;/h4-7,14,16,19-20H,8-13H2,1-3H3,(H,21,22);1H. The van der Waals surface area contributed by atoms with E-state index in [1.807, 2.05) is 0 Å². The minimum atomic E-state index is 0. The molecule has 4 heteroatoms. The molecular weight excluding hydrogens is 308 g/mol. The Kier molecular flexibility index (Phi) is 8.64. The van der Waals surface area contributed by atoms with Crippen molar-refractivity contribution < 1.29 is 4.79 Å². The molecule has 1 heterocycles. The van der Waals surface area contributed by atoms with Gasteiger partial charge in [-0.2, -0.15) is 0 Å². The first-order valence-electron chi connectivity index (χ1n) is 8.63. The van der Waals surface area contributed by atoms with Crippen molar-refractivity contribution in [2.45, 2.75) is 52.5 Å². The fourth-order valence-corrected chi connectivity index (χ4v) is 3.29. The number of amides is 1. The molecule has 0 bridgehead atoms. The topological polar surface area (TPSA) is 41.1 Å². The van der Waals surface area contributed by atoms with E-state index in [1.54, 1.807) is 0 Å². The fourth-order valence-electron chi connectivity index (χ4n) is 3.29. The van der Waals surface area contributed by atoms with Crippen molar-refractivity contribution in [3.05, 3.63) is 35.4 Å². The van der Waals surface area contributed by atoms with Gasteiger partial charge in [0.15, 0.2) is 0 Å². The van der Waals surface area contributed by atoms with E-state index in [0.717, 1.165) is 19.5 Å². The number of rotatable bonds is 6. The van der Waals surface area contributed by atoms with Crippen LogP contribution in [0, 0.1) is 18.8 Å². The van der Waals surface area contributed by atoms with Crippen LogP contribution in [-0.2, 0) is 4.79 Å². The van der Waals surface area contributed by atoms with Crippen molar-refractivity contribution in [3.8, 4) is 0 Å². The van der Waals surface area contributed by atoms with Crippen molar-refractivity contribution >= 4 is 18.3 Å². The molecule has 1 aromatic carbocycles. The fraction of sp³-hybridized carbons (Fsp3) is 0.632. The van der Waals surface area contributed by atoms with E-state index in [-0.39, 0.29) is 24.4 Å². The van der Waals surface area contributed by atoms with Crippen LogP contribution in [0.3, 0.4) is 0 Å². The molecule has 0 aliphatic carbocycles. The molecule has 1 atom stereocenters. The van der Waals surface area contributed by atoms with Crippen LogP contribution in [0.4, 0.5) is 0 Å². The Morgan fingerprint density at radius 1 is 1.26 bits per heavy atom. The first kappa shape index (κ1) is 20.0. The van der Waals surface area contributed by atoms with Gasteiger partial charge in [0.2, 0.25) is 5.91 Å². The molecule has 0 spiro atoms. The molecule has 130 valence electrons. The molecule has 23 heavy (non-hydrogen) atoms. The molecule has 0 radical (unpaired) electrons. The van der Waals surface area contributed by atoms with E-state index < -0.39 is 0 Å². The largest absolute Gasteiger partial charge is 0.349 e. The van der Waals surface area contributed by atoms with Crippen LogP contribution in [0.15, 0.2) is 24.3 Å². The predicted molar refractivity (Wildman–Crippen MR) is 99.0 cm³/mol. The number of carbonyl (C=O) groups excluding carboxylic acids is 1. The lowest BCUT2D eigenvalue weighted by molar-refractivity contribution is -0.122. The van der Waals surface area contributed by atoms with E-state index in [4.69, 9.17) is 0 Å². The average Bonchev–Trinajstić information content (AvgIpc) is 2.52. The van der Waals surface area contributed by atoms with E-state index in [9.17, 15) is 4.79 Å². The maximum Gasteiger partial charge on any atom is 0.220 e. The number of hydrogen-bond acceptors (Lipinski definition) is 2. The number of benzene rings is 1. The lowest BCUT2D eigenvalue weighted by atomic mass is 9.91. The summed E-state index contributed by atoms with van der Waals surface area (Å²) in [6.07, 6.45) is 4.09. The lowest BCUT2D eigenvalue weighted by Crippen LogP contribution is -2.33.